The van der Waals surface area contributed by atoms with Gasteiger partial charge in [0.05, 0.1) is 20.3 Å². The lowest BCUT2D eigenvalue weighted by molar-refractivity contribution is 0.0972. The molecule has 3 aromatic rings. The fourth-order valence-electron chi connectivity index (χ4n) is 3.56. The van der Waals surface area contributed by atoms with Gasteiger partial charge in [-0.15, -0.1) is 0 Å². The molecule has 1 aliphatic heterocycles. The van der Waals surface area contributed by atoms with Gasteiger partial charge in [0, 0.05) is 17.7 Å². The lowest BCUT2D eigenvalue weighted by Gasteiger charge is -2.27. The summed E-state index contributed by atoms with van der Waals surface area (Å²) in [7, 11) is 3.20. The largest absolute Gasteiger partial charge is 0.493 e. The molecule has 0 amide bonds. The number of ketones is 1. The van der Waals surface area contributed by atoms with E-state index in [9.17, 15) is 4.79 Å². The summed E-state index contributed by atoms with van der Waals surface area (Å²) < 4.78 is 17.2. The molecule has 0 spiro atoms. The fourth-order valence-corrected chi connectivity index (χ4v) is 3.56. The number of methoxy groups -OCH3 is 2. The van der Waals surface area contributed by atoms with Crippen molar-refractivity contribution in [3.63, 3.8) is 0 Å². The second-order valence-corrected chi connectivity index (χ2v) is 6.90. The van der Waals surface area contributed by atoms with Crippen molar-refractivity contribution in [1.29, 1.82) is 0 Å². The van der Waals surface area contributed by atoms with Gasteiger partial charge in [0.15, 0.2) is 17.3 Å². The maximum absolute atomic E-state index is 12.6. The molecule has 0 fully saturated rings. The molecule has 1 N–H and O–H groups in total. The van der Waals surface area contributed by atoms with Crippen LogP contribution in [-0.2, 0) is 6.61 Å². The van der Waals surface area contributed by atoms with Gasteiger partial charge in [0.25, 0.3) is 0 Å². The van der Waals surface area contributed by atoms with Crippen LogP contribution in [0.3, 0.4) is 0 Å². The number of hydrogen-bond acceptors (Lipinski definition) is 5. The first-order valence-corrected chi connectivity index (χ1v) is 9.51. The average Bonchev–Trinajstić information content (AvgIpc) is 2.77. The highest BCUT2D eigenvalue weighted by molar-refractivity contribution is 6.03. The topological polar surface area (TPSA) is 56.8 Å². The number of rotatable bonds is 6. The van der Waals surface area contributed by atoms with Crippen molar-refractivity contribution < 1.29 is 19.0 Å². The minimum atomic E-state index is -0.164. The highest BCUT2D eigenvalue weighted by Crippen LogP contribution is 2.42. The summed E-state index contributed by atoms with van der Waals surface area (Å²) in [6, 6.07) is 21.1. The SMILES string of the molecule is COc1cc(C2CC(=O)c3ccccc3N2)cc(OC)c1OCc1ccccc1. The standard InChI is InChI=1S/C24H23NO4/c1-27-22-12-17(20-14-21(26)18-10-6-7-11-19(18)25-20)13-23(28-2)24(22)29-15-16-8-4-3-5-9-16/h3-13,20,25H,14-15H2,1-2H3. The van der Waals surface area contributed by atoms with E-state index in [0.717, 1.165) is 22.4 Å². The minimum Gasteiger partial charge on any atom is -0.493 e. The third-order valence-corrected chi connectivity index (χ3v) is 5.06. The molecule has 0 aromatic heterocycles. The summed E-state index contributed by atoms with van der Waals surface area (Å²) in [4.78, 5) is 12.6. The maximum Gasteiger partial charge on any atom is 0.203 e. The first kappa shape index (κ1) is 18.9. The number of Topliss-reactive ketones (excluding diaryl/α,β-unsaturated/α-hetero) is 1. The van der Waals surface area contributed by atoms with Gasteiger partial charge in [-0.05, 0) is 35.4 Å². The van der Waals surface area contributed by atoms with Gasteiger partial charge in [-0.25, -0.2) is 0 Å². The van der Waals surface area contributed by atoms with E-state index in [2.05, 4.69) is 5.32 Å². The first-order chi connectivity index (χ1) is 14.2. The van der Waals surface area contributed by atoms with Crippen LogP contribution in [0.15, 0.2) is 66.7 Å². The van der Waals surface area contributed by atoms with E-state index in [-0.39, 0.29) is 11.8 Å². The van der Waals surface area contributed by atoms with Gasteiger partial charge in [0.2, 0.25) is 5.75 Å². The molecule has 0 radical (unpaired) electrons. The molecule has 3 aromatic carbocycles. The Kier molecular flexibility index (Phi) is 5.38. The summed E-state index contributed by atoms with van der Waals surface area (Å²) in [6.45, 7) is 0.403. The predicted molar refractivity (Wildman–Crippen MR) is 112 cm³/mol. The number of fused-ring (bicyclic) bond motifs is 1. The van der Waals surface area contributed by atoms with Crippen LogP contribution in [0.5, 0.6) is 17.2 Å². The number of nitrogens with one attached hydrogen (secondary N) is 1. The molecule has 0 bridgehead atoms. The Morgan fingerprint density at radius 3 is 2.28 bits per heavy atom. The lowest BCUT2D eigenvalue weighted by atomic mass is 9.92. The molecule has 1 unspecified atom stereocenters. The van der Waals surface area contributed by atoms with Gasteiger partial charge in [-0.2, -0.15) is 0 Å². The van der Waals surface area contributed by atoms with E-state index in [4.69, 9.17) is 14.2 Å². The van der Waals surface area contributed by atoms with Crippen LogP contribution >= 0.6 is 0 Å². The zero-order valence-corrected chi connectivity index (χ0v) is 16.5. The minimum absolute atomic E-state index is 0.117. The van der Waals surface area contributed by atoms with Crippen LogP contribution in [0.1, 0.15) is 33.9 Å². The number of anilines is 1. The second kappa shape index (κ2) is 8.27. The molecule has 0 saturated carbocycles. The molecule has 0 aliphatic carbocycles. The molecule has 0 saturated heterocycles. The van der Waals surface area contributed by atoms with Crippen LogP contribution in [0, 0.1) is 0 Å². The summed E-state index contributed by atoms with van der Waals surface area (Å²) in [5, 5.41) is 3.45. The van der Waals surface area contributed by atoms with Gasteiger partial charge in [0.1, 0.15) is 6.61 Å². The lowest BCUT2D eigenvalue weighted by Crippen LogP contribution is -2.22. The molecule has 1 atom stereocenters. The van der Waals surface area contributed by atoms with Crippen LogP contribution in [0.2, 0.25) is 0 Å². The van der Waals surface area contributed by atoms with Crippen LogP contribution in [0.25, 0.3) is 0 Å². The first-order valence-electron chi connectivity index (χ1n) is 9.51. The Labute approximate surface area is 170 Å². The molecule has 148 valence electrons. The number of ether oxygens (including phenoxy) is 3. The second-order valence-electron chi connectivity index (χ2n) is 6.90. The summed E-state index contributed by atoms with van der Waals surface area (Å²) in [6.07, 6.45) is 0.369. The zero-order valence-electron chi connectivity index (χ0n) is 16.5. The quantitative estimate of drug-likeness (QED) is 0.641. The van der Waals surface area contributed by atoms with Crippen molar-refractivity contribution >= 4 is 11.5 Å². The molecule has 4 rings (SSSR count). The molecular weight excluding hydrogens is 366 g/mol. The third kappa shape index (κ3) is 3.90. The molecule has 1 aliphatic rings. The van der Waals surface area contributed by atoms with Crippen LogP contribution in [-0.4, -0.2) is 20.0 Å². The average molecular weight is 389 g/mol. The Balaban J connectivity index is 1.63. The number of hydrogen-bond donors (Lipinski definition) is 1. The van der Waals surface area contributed by atoms with Crippen LogP contribution < -0.4 is 19.5 Å². The van der Waals surface area contributed by atoms with Crippen molar-refractivity contribution in [1.82, 2.24) is 0 Å². The maximum atomic E-state index is 12.6. The van der Waals surface area contributed by atoms with Crippen LogP contribution in [0.4, 0.5) is 5.69 Å². The monoisotopic (exact) mass is 389 g/mol. The summed E-state index contributed by atoms with van der Waals surface area (Å²) in [5.74, 6) is 1.81. The highest BCUT2D eigenvalue weighted by Gasteiger charge is 2.27. The van der Waals surface area contributed by atoms with E-state index < -0.39 is 0 Å². The molecule has 5 heteroatoms. The normalized spacial score (nSPS) is 15.2. The van der Waals surface area contributed by atoms with Crippen molar-refractivity contribution in [2.45, 2.75) is 19.1 Å². The van der Waals surface area contributed by atoms with Crippen molar-refractivity contribution in [3.8, 4) is 17.2 Å². The Bertz CT molecular complexity index is 991. The number of carbonyl (C=O) groups is 1. The van der Waals surface area contributed by atoms with Crippen molar-refractivity contribution in [3.05, 3.63) is 83.4 Å². The molecule has 29 heavy (non-hydrogen) atoms. The van der Waals surface area contributed by atoms with E-state index >= 15 is 0 Å². The van der Waals surface area contributed by atoms with E-state index in [1.165, 1.54) is 0 Å². The third-order valence-electron chi connectivity index (χ3n) is 5.06. The zero-order chi connectivity index (χ0) is 20.2. The van der Waals surface area contributed by atoms with E-state index in [1.807, 2.05) is 66.7 Å². The Morgan fingerprint density at radius 2 is 1.59 bits per heavy atom. The van der Waals surface area contributed by atoms with Gasteiger partial charge in [-0.3, -0.25) is 4.79 Å². The number of para-hydroxylation sites is 1. The predicted octanol–water partition coefficient (Wildman–Crippen LogP) is 5.02. The fraction of sp³-hybridized carbons (Fsp3) is 0.208. The van der Waals surface area contributed by atoms with Crippen molar-refractivity contribution in [2.75, 3.05) is 19.5 Å². The summed E-state index contributed by atoms with van der Waals surface area (Å²) >= 11 is 0. The van der Waals surface area contributed by atoms with Gasteiger partial charge in [-0.1, -0.05) is 42.5 Å². The van der Waals surface area contributed by atoms with Gasteiger partial charge < -0.3 is 19.5 Å². The number of carbonyl (C=O) groups excluding carboxylic acids is 1. The Hall–Kier alpha value is -3.47. The van der Waals surface area contributed by atoms with E-state index in [1.54, 1.807) is 14.2 Å². The molecule has 1 heterocycles. The number of benzene rings is 3. The Morgan fingerprint density at radius 1 is 0.931 bits per heavy atom. The highest BCUT2D eigenvalue weighted by atomic mass is 16.5. The summed E-state index contributed by atoms with van der Waals surface area (Å²) in [5.41, 5.74) is 3.53. The van der Waals surface area contributed by atoms with Gasteiger partial charge >= 0.3 is 0 Å². The molecule has 5 nitrogen and oxygen atoms in total. The molecular formula is C24H23NO4. The van der Waals surface area contributed by atoms with E-state index in [0.29, 0.717) is 30.3 Å². The van der Waals surface area contributed by atoms with Crippen molar-refractivity contribution in [2.24, 2.45) is 0 Å². The smallest absolute Gasteiger partial charge is 0.203 e.